The number of carbonyl (C=O) groups is 1. The summed E-state index contributed by atoms with van der Waals surface area (Å²) in [6.45, 7) is 12.0. The number of carbonyl (C=O) groups excluding carboxylic acids is 1. The molecule has 0 aliphatic carbocycles. The molecule has 2 aliphatic rings. The van der Waals surface area contributed by atoms with E-state index in [-0.39, 0.29) is 41.6 Å². The first kappa shape index (κ1) is 28.8. The molecule has 2 aromatic rings. The highest BCUT2D eigenvalue weighted by molar-refractivity contribution is 6.30. The van der Waals surface area contributed by atoms with Crippen molar-refractivity contribution in [2.24, 2.45) is 17.8 Å². The number of aliphatic hydroxyl groups is 1. The number of halogens is 4. The van der Waals surface area contributed by atoms with Gasteiger partial charge in [-0.3, -0.25) is 9.69 Å². The van der Waals surface area contributed by atoms with Gasteiger partial charge < -0.3 is 10.0 Å². The van der Waals surface area contributed by atoms with Gasteiger partial charge in [0, 0.05) is 60.6 Å². The minimum Gasteiger partial charge on any atom is -0.384 e. The van der Waals surface area contributed by atoms with Crippen molar-refractivity contribution in [1.29, 1.82) is 0 Å². The van der Waals surface area contributed by atoms with Gasteiger partial charge in [-0.1, -0.05) is 43.6 Å². The Labute approximate surface area is 224 Å². The third kappa shape index (κ3) is 5.28. The van der Waals surface area contributed by atoms with Crippen molar-refractivity contribution < 1.29 is 18.7 Å². The zero-order valence-corrected chi connectivity index (χ0v) is 23.0. The maximum absolute atomic E-state index is 14.8. The second-order valence-electron chi connectivity index (χ2n) is 11.3. The topological polar surface area (TPSA) is 43.8 Å². The number of likely N-dealkylation sites (tertiary alicyclic amines) is 2. The Balaban J connectivity index is 0.00000361. The molecule has 0 bridgehead atoms. The highest BCUT2D eigenvalue weighted by Crippen LogP contribution is 2.44. The van der Waals surface area contributed by atoms with Crippen LogP contribution in [0.25, 0.3) is 0 Å². The molecule has 2 unspecified atom stereocenters. The predicted molar refractivity (Wildman–Crippen MR) is 141 cm³/mol. The fraction of sp³-hybridized carbons (Fsp3) is 0.536. The third-order valence-corrected chi connectivity index (χ3v) is 8.31. The van der Waals surface area contributed by atoms with Gasteiger partial charge in [-0.2, -0.15) is 0 Å². The van der Waals surface area contributed by atoms with E-state index in [1.165, 1.54) is 12.1 Å². The van der Waals surface area contributed by atoms with Gasteiger partial charge in [0.05, 0.1) is 11.5 Å². The lowest BCUT2D eigenvalue weighted by Crippen LogP contribution is -2.57. The van der Waals surface area contributed by atoms with Gasteiger partial charge in [-0.25, -0.2) is 8.78 Å². The lowest BCUT2D eigenvalue weighted by atomic mass is 9.70. The van der Waals surface area contributed by atoms with Crippen LogP contribution in [0.1, 0.15) is 51.7 Å². The predicted octanol–water partition coefficient (Wildman–Crippen LogP) is 5.86. The van der Waals surface area contributed by atoms with Gasteiger partial charge in [0.1, 0.15) is 11.6 Å². The Kier molecular flexibility index (Phi) is 8.46. The first-order valence-electron chi connectivity index (χ1n) is 12.3. The van der Waals surface area contributed by atoms with E-state index >= 15 is 0 Å². The van der Waals surface area contributed by atoms with Crippen molar-refractivity contribution in [2.45, 2.75) is 51.7 Å². The van der Waals surface area contributed by atoms with Crippen molar-refractivity contribution in [1.82, 2.24) is 9.80 Å². The van der Waals surface area contributed by atoms with E-state index in [4.69, 9.17) is 11.6 Å². The number of nitrogens with zero attached hydrogens (tertiary/aromatic N) is 2. The molecule has 2 aliphatic heterocycles. The number of amides is 1. The van der Waals surface area contributed by atoms with E-state index in [0.29, 0.717) is 36.8 Å². The van der Waals surface area contributed by atoms with Crippen LogP contribution in [0.3, 0.4) is 0 Å². The molecule has 0 radical (unpaired) electrons. The summed E-state index contributed by atoms with van der Waals surface area (Å²) in [4.78, 5) is 17.9. The molecule has 36 heavy (non-hydrogen) atoms. The maximum atomic E-state index is 14.8. The second-order valence-corrected chi connectivity index (χ2v) is 11.8. The molecule has 198 valence electrons. The van der Waals surface area contributed by atoms with Crippen molar-refractivity contribution in [2.75, 3.05) is 26.2 Å². The Hall–Kier alpha value is -1.73. The van der Waals surface area contributed by atoms with Crippen LogP contribution >= 0.6 is 24.0 Å². The standard InChI is InChI=1S/C28H35ClF2N2O2.ClH/c1-17-13-32(14-18(2)28(17,35)19-6-8-20(29)9-7-19)26(34)24-16-33(27(3,4)5)15-23(24)22-11-10-21(30)12-25(22)31;/h6-12,17-18,23-24,35H,13-16H2,1-5H3;1H/t17?,18?,23-,24+,28?;/m0./s1. The normalized spacial score (nSPS) is 29.2. The van der Waals surface area contributed by atoms with Crippen LogP contribution in [0.2, 0.25) is 5.02 Å². The molecule has 8 heteroatoms. The van der Waals surface area contributed by atoms with Crippen LogP contribution in [0, 0.1) is 29.4 Å². The zero-order chi connectivity index (χ0) is 25.7. The maximum Gasteiger partial charge on any atom is 0.227 e. The number of hydrogen-bond donors (Lipinski definition) is 1. The number of benzene rings is 2. The largest absolute Gasteiger partial charge is 0.384 e. The zero-order valence-electron chi connectivity index (χ0n) is 21.5. The molecule has 4 rings (SSSR count). The van der Waals surface area contributed by atoms with E-state index in [1.54, 1.807) is 12.1 Å². The molecule has 4 atom stereocenters. The van der Waals surface area contributed by atoms with Crippen LogP contribution in [0.15, 0.2) is 42.5 Å². The fourth-order valence-corrected chi connectivity index (χ4v) is 6.05. The SMILES string of the molecule is CC1CN(C(=O)[C@@H]2CN(C(C)(C)C)C[C@H]2c2ccc(F)cc2F)CC(C)C1(O)c1ccc(Cl)cc1.Cl. The molecule has 4 nitrogen and oxygen atoms in total. The van der Waals surface area contributed by atoms with Crippen molar-refractivity contribution in [3.63, 3.8) is 0 Å². The molecule has 0 spiro atoms. The number of rotatable bonds is 3. The van der Waals surface area contributed by atoms with E-state index in [1.807, 2.05) is 30.9 Å². The van der Waals surface area contributed by atoms with Gasteiger partial charge in [-0.15, -0.1) is 12.4 Å². The smallest absolute Gasteiger partial charge is 0.227 e. The average molecular weight is 542 g/mol. The number of piperidine rings is 1. The van der Waals surface area contributed by atoms with Crippen molar-refractivity contribution >= 4 is 29.9 Å². The minimum absolute atomic E-state index is 0. The molecular formula is C28H36Cl2F2N2O2. The van der Waals surface area contributed by atoms with E-state index in [9.17, 15) is 18.7 Å². The van der Waals surface area contributed by atoms with Crippen molar-refractivity contribution in [3.05, 3.63) is 70.2 Å². The Morgan fingerprint density at radius 2 is 1.58 bits per heavy atom. The Bertz CT molecular complexity index is 1080. The molecule has 1 N–H and O–H groups in total. The van der Waals surface area contributed by atoms with E-state index < -0.39 is 23.2 Å². The van der Waals surface area contributed by atoms with Gasteiger partial charge in [0.2, 0.25) is 5.91 Å². The summed E-state index contributed by atoms with van der Waals surface area (Å²) in [7, 11) is 0. The van der Waals surface area contributed by atoms with Gasteiger partial charge in [0.25, 0.3) is 0 Å². The highest BCUT2D eigenvalue weighted by atomic mass is 35.5. The lowest BCUT2D eigenvalue weighted by Gasteiger charge is -2.48. The molecule has 2 aromatic carbocycles. The monoisotopic (exact) mass is 540 g/mol. The summed E-state index contributed by atoms with van der Waals surface area (Å²) in [6.07, 6.45) is 0. The fourth-order valence-electron chi connectivity index (χ4n) is 5.92. The van der Waals surface area contributed by atoms with Crippen LogP contribution < -0.4 is 0 Å². The summed E-state index contributed by atoms with van der Waals surface area (Å²) in [5.74, 6) is -2.52. The quantitative estimate of drug-likeness (QED) is 0.530. The van der Waals surface area contributed by atoms with E-state index in [0.717, 1.165) is 11.6 Å². The molecule has 0 aromatic heterocycles. The first-order valence-corrected chi connectivity index (χ1v) is 12.7. The molecular weight excluding hydrogens is 505 g/mol. The van der Waals surface area contributed by atoms with Gasteiger partial charge in [0.15, 0.2) is 0 Å². The van der Waals surface area contributed by atoms with Crippen LogP contribution in [-0.2, 0) is 10.4 Å². The third-order valence-electron chi connectivity index (χ3n) is 8.06. The van der Waals surface area contributed by atoms with Crippen LogP contribution in [-0.4, -0.2) is 52.5 Å². The molecule has 0 saturated carbocycles. The molecule has 2 heterocycles. The second kappa shape index (κ2) is 10.6. The van der Waals surface area contributed by atoms with Gasteiger partial charge in [-0.05, 0) is 50.1 Å². The van der Waals surface area contributed by atoms with Crippen LogP contribution in [0.5, 0.6) is 0 Å². The summed E-state index contributed by atoms with van der Waals surface area (Å²) in [6, 6.07) is 10.9. The highest BCUT2D eigenvalue weighted by Gasteiger charge is 2.50. The molecule has 2 fully saturated rings. The van der Waals surface area contributed by atoms with Crippen molar-refractivity contribution in [3.8, 4) is 0 Å². The summed E-state index contributed by atoms with van der Waals surface area (Å²) >= 11 is 6.05. The Morgan fingerprint density at radius 3 is 2.11 bits per heavy atom. The van der Waals surface area contributed by atoms with E-state index in [2.05, 4.69) is 25.7 Å². The summed E-state index contributed by atoms with van der Waals surface area (Å²) < 4.78 is 28.4. The summed E-state index contributed by atoms with van der Waals surface area (Å²) in [5, 5.41) is 12.3. The van der Waals surface area contributed by atoms with Crippen LogP contribution in [0.4, 0.5) is 8.78 Å². The average Bonchev–Trinajstić information content (AvgIpc) is 3.23. The van der Waals surface area contributed by atoms with Gasteiger partial charge >= 0.3 is 0 Å². The molecule has 2 saturated heterocycles. The number of hydrogen-bond acceptors (Lipinski definition) is 3. The minimum atomic E-state index is -1.09. The Morgan fingerprint density at radius 1 is 1.00 bits per heavy atom. The summed E-state index contributed by atoms with van der Waals surface area (Å²) in [5.41, 5.74) is -0.106. The molecule has 1 amide bonds. The lowest BCUT2D eigenvalue weighted by molar-refractivity contribution is -0.152. The first-order chi connectivity index (χ1) is 16.3.